The number of nitrogens with one attached hydrogen (secondary N) is 1. The Morgan fingerprint density at radius 2 is 2.25 bits per heavy atom. The summed E-state index contributed by atoms with van der Waals surface area (Å²) >= 11 is 1.26. The Morgan fingerprint density at radius 3 is 2.67 bits per heavy atom. The minimum atomic E-state index is -0.851. The van der Waals surface area contributed by atoms with Gasteiger partial charge in [0, 0.05) is 5.75 Å². The first-order valence-corrected chi connectivity index (χ1v) is 4.45. The molecule has 0 saturated heterocycles. The second-order valence-corrected chi connectivity index (χ2v) is 3.54. The average Bonchev–Trinajstić information content (AvgIpc) is 1.98. The van der Waals surface area contributed by atoms with Crippen LogP contribution in [0.25, 0.3) is 0 Å². The molecule has 0 aliphatic carbocycles. The highest BCUT2D eigenvalue weighted by Crippen LogP contribution is 2.08. The molecule has 3 amide bonds. The molecule has 5 nitrogen and oxygen atoms in total. The van der Waals surface area contributed by atoms with Gasteiger partial charge in [0.15, 0.2) is 0 Å². The lowest BCUT2D eigenvalue weighted by atomic mass is 10.4. The number of carbonyl (C=O) groups excluding carboxylic acids is 2. The number of aliphatic hydroxyl groups excluding tert-OH is 1. The number of urea groups is 1. The first kappa shape index (κ1) is 11.2. The van der Waals surface area contributed by atoms with E-state index in [1.165, 1.54) is 11.8 Å². The van der Waals surface area contributed by atoms with E-state index in [4.69, 9.17) is 10.8 Å². The topological polar surface area (TPSA) is 92.4 Å². The molecule has 0 aromatic carbocycles. The molecule has 0 saturated carbocycles. The molecule has 70 valence electrons. The van der Waals surface area contributed by atoms with E-state index >= 15 is 0 Å². The van der Waals surface area contributed by atoms with Gasteiger partial charge in [0.25, 0.3) is 0 Å². The van der Waals surface area contributed by atoms with Gasteiger partial charge in [-0.05, 0) is 6.92 Å². The average molecular weight is 192 g/mol. The monoisotopic (exact) mass is 192 g/mol. The van der Waals surface area contributed by atoms with Gasteiger partial charge in [-0.25, -0.2) is 4.79 Å². The fourth-order valence-electron chi connectivity index (χ4n) is 0.528. The highest BCUT2D eigenvalue weighted by molar-refractivity contribution is 8.00. The molecule has 1 atom stereocenters. The molecule has 0 aromatic rings. The Labute approximate surface area is 74.7 Å². The highest BCUT2D eigenvalue weighted by Gasteiger charge is 2.13. The van der Waals surface area contributed by atoms with Crippen LogP contribution in [0.15, 0.2) is 0 Å². The number of rotatable bonds is 4. The van der Waals surface area contributed by atoms with E-state index < -0.39 is 11.9 Å². The summed E-state index contributed by atoms with van der Waals surface area (Å²) in [5, 5.41) is 10.0. The number of aliphatic hydroxyl groups is 1. The molecule has 0 spiro atoms. The third-order valence-electron chi connectivity index (χ3n) is 1.07. The number of hydrogen-bond donors (Lipinski definition) is 3. The number of amides is 3. The van der Waals surface area contributed by atoms with Gasteiger partial charge in [0.1, 0.15) is 0 Å². The maximum absolute atomic E-state index is 10.9. The molecule has 0 fully saturated rings. The molecule has 0 heterocycles. The molecule has 1 unspecified atom stereocenters. The molecule has 4 N–H and O–H groups in total. The van der Waals surface area contributed by atoms with Crippen LogP contribution in [-0.2, 0) is 4.79 Å². The van der Waals surface area contributed by atoms with Crippen LogP contribution in [0.4, 0.5) is 4.79 Å². The number of carbonyl (C=O) groups is 2. The van der Waals surface area contributed by atoms with Crippen molar-refractivity contribution in [3.8, 4) is 0 Å². The number of hydrogen-bond acceptors (Lipinski definition) is 4. The zero-order valence-electron chi connectivity index (χ0n) is 6.74. The Bertz CT molecular complexity index is 174. The van der Waals surface area contributed by atoms with Crippen molar-refractivity contribution >= 4 is 23.7 Å². The SMILES string of the molecule is CC(SCCO)C(=O)NC(N)=O. The lowest BCUT2D eigenvalue weighted by Crippen LogP contribution is -2.39. The molecule has 6 heteroatoms. The van der Waals surface area contributed by atoms with Crippen LogP contribution in [0.2, 0.25) is 0 Å². The van der Waals surface area contributed by atoms with Gasteiger partial charge in [0.05, 0.1) is 11.9 Å². The first-order valence-electron chi connectivity index (χ1n) is 3.40. The van der Waals surface area contributed by atoms with E-state index in [0.717, 1.165) is 0 Å². The van der Waals surface area contributed by atoms with E-state index in [2.05, 4.69) is 0 Å². The normalized spacial score (nSPS) is 12.2. The van der Waals surface area contributed by atoms with Gasteiger partial charge < -0.3 is 10.8 Å². The van der Waals surface area contributed by atoms with Crippen molar-refractivity contribution in [3.63, 3.8) is 0 Å². The quantitative estimate of drug-likeness (QED) is 0.549. The Morgan fingerprint density at radius 1 is 1.67 bits per heavy atom. The van der Waals surface area contributed by atoms with E-state index in [-0.39, 0.29) is 11.9 Å². The van der Waals surface area contributed by atoms with Crippen molar-refractivity contribution in [2.24, 2.45) is 5.73 Å². The number of imide groups is 1. The van der Waals surface area contributed by atoms with Gasteiger partial charge in [0.2, 0.25) is 5.91 Å². The molecule has 0 aromatic heterocycles. The van der Waals surface area contributed by atoms with E-state index in [1.54, 1.807) is 6.92 Å². The summed E-state index contributed by atoms with van der Waals surface area (Å²) in [4.78, 5) is 21.2. The summed E-state index contributed by atoms with van der Waals surface area (Å²) in [6.07, 6.45) is 0. The van der Waals surface area contributed by atoms with Crippen molar-refractivity contribution in [1.82, 2.24) is 5.32 Å². The second kappa shape index (κ2) is 5.84. The lowest BCUT2D eigenvalue weighted by molar-refractivity contribution is -0.119. The summed E-state index contributed by atoms with van der Waals surface area (Å²) in [7, 11) is 0. The third kappa shape index (κ3) is 4.97. The molecule has 0 rings (SSSR count). The maximum atomic E-state index is 10.9. The summed E-state index contributed by atoms with van der Waals surface area (Å²) in [5.41, 5.74) is 4.73. The molecule has 0 bridgehead atoms. The van der Waals surface area contributed by atoms with Crippen LogP contribution in [0.5, 0.6) is 0 Å². The Kier molecular flexibility index (Phi) is 5.48. The number of thioether (sulfide) groups is 1. The lowest BCUT2D eigenvalue weighted by Gasteiger charge is -2.07. The van der Waals surface area contributed by atoms with Gasteiger partial charge in [-0.15, -0.1) is 11.8 Å². The zero-order valence-corrected chi connectivity index (χ0v) is 7.56. The van der Waals surface area contributed by atoms with Crippen molar-refractivity contribution in [3.05, 3.63) is 0 Å². The van der Waals surface area contributed by atoms with Crippen LogP contribution < -0.4 is 11.1 Å². The van der Waals surface area contributed by atoms with Crippen LogP contribution in [-0.4, -0.2) is 34.7 Å². The highest BCUT2D eigenvalue weighted by atomic mass is 32.2. The van der Waals surface area contributed by atoms with Gasteiger partial charge in [-0.3, -0.25) is 10.1 Å². The predicted octanol–water partition coefficient (Wildman–Crippen LogP) is -0.705. The summed E-state index contributed by atoms with van der Waals surface area (Å²) in [6, 6.07) is -0.851. The molecule has 12 heavy (non-hydrogen) atoms. The van der Waals surface area contributed by atoms with Crippen LogP contribution in [0, 0.1) is 0 Å². The minimum absolute atomic E-state index is 0.0128. The molecule has 0 aliphatic rings. The largest absolute Gasteiger partial charge is 0.396 e. The Balaban J connectivity index is 3.69. The van der Waals surface area contributed by atoms with Gasteiger partial charge in [-0.1, -0.05) is 0 Å². The molecule has 0 radical (unpaired) electrons. The van der Waals surface area contributed by atoms with E-state index in [1.807, 2.05) is 5.32 Å². The smallest absolute Gasteiger partial charge is 0.318 e. The fourth-order valence-corrected chi connectivity index (χ4v) is 1.20. The van der Waals surface area contributed by atoms with Crippen LogP contribution >= 0.6 is 11.8 Å². The van der Waals surface area contributed by atoms with E-state index in [0.29, 0.717) is 5.75 Å². The molecule has 0 aliphatic heterocycles. The Hall–Kier alpha value is -0.750. The second-order valence-electron chi connectivity index (χ2n) is 2.09. The van der Waals surface area contributed by atoms with E-state index in [9.17, 15) is 9.59 Å². The fraction of sp³-hybridized carbons (Fsp3) is 0.667. The van der Waals surface area contributed by atoms with Crippen molar-refractivity contribution in [2.75, 3.05) is 12.4 Å². The summed E-state index contributed by atoms with van der Waals surface area (Å²) in [6.45, 7) is 1.65. The standard InChI is InChI=1S/C6H12N2O3S/c1-4(12-3-2-9)5(10)8-6(7)11/h4,9H,2-3H2,1H3,(H3,7,8,10,11). The van der Waals surface area contributed by atoms with Crippen molar-refractivity contribution < 1.29 is 14.7 Å². The third-order valence-corrected chi connectivity index (χ3v) is 2.21. The molecular weight excluding hydrogens is 180 g/mol. The van der Waals surface area contributed by atoms with Crippen molar-refractivity contribution in [2.45, 2.75) is 12.2 Å². The minimum Gasteiger partial charge on any atom is -0.396 e. The number of primary amides is 1. The summed E-state index contributed by atoms with van der Waals surface area (Å²) in [5.74, 6) is 0.0359. The number of nitrogens with two attached hydrogens (primary N) is 1. The van der Waals surface area contributed by atoms with Gasteiger partial charge >= 0.3 is 6.03 Å². The summed E-state index contributed by atoms with van der Waals surface area (Å²) < 4.78 is 0. The maximum Gasteiger partial charge on any atom is 0.318 e. The first-order chi connectivity index (χ1) is 5.57. The predicted molar refractivity (Wildman–Crippen MR) is 46.7 cm³/mol. The zero-order chi connectivity index (χ0) is 9.56. The van der Waals surface area contributed by atoms with Crippen LogP contribution in [0.1, 0.15) is 6.92 Å². The van der Waals surface area contributed by atoms with Crippen molar-refractivity contribution in [1.29, 1.82) is 0 Å². The van der Waals surface area contributed by atoms with Gasteiger partial charge in [-0.2, -0.15) is 0 Å². The van der Waals surface area contributed by atoms with Crippen LogP contribution in [0.3, 0.4) is 0 Å². The molecular formula is C6H12N2O3S.